The van der Waals surface area contributed by atoms with E-state index < -0.39 is 0 Å². The number of anilines is 1. The maximum Gasteiger partial charge on any atom is 0.500 e. The predicted molar refractivity (Wildman–Crippen MR) is 126 cm³/mol. The Balaban J connectivity index is 1.13. The second-order valence-electron chi connectivity index (χ2n) is 9.95. The van der Waals surface area contributed by atoms with Crippen molar-refractivity contribution in [2.75, 3.05) is 12.4 Å². The van der Waals surface area contributed by atoms with Gasteiger partial charge in [0.1, 0.15) is 23.3 Å². The van der Waals surface area contributed by atoms with Crippen molar-refractivity contribution in [3.63, 3.8) is 0 Å². The minimum absolute atomic E-state index is 0.224. The highest BCUT2D eigenvalue weighted by molar-refractivity contribution is 5.84. The van der Waals surface area contributed by atoms with E-state index in [0.29, 0.717) is 24.3 Å². The first-order valence-corrected chi connectivity index (χ1v) is 12.4. The molecule has 6 nitrogen and oxygen atoms in total. The Hall–Kier alpha value is -2.73. The molecule has 1 unspecified atom stereocenters. The fourth-order valence-corrected chi connectivity index (χ4v) is 5.76. The largest absolute Gasteiger partial charge is 0.500 e. The summed E-state index contributed by atoms with van der Waals surface area (Å²) < 4.78 is 7.74. The number of fused-ring (bicyclic) bond motifs is 2. The molecule has 1 N–H and O–H groups in total. The van der Waals surface area contributed by atoms with Crippen molar-refractivity contribution in [1.82, 2.24) is 4.90 Å². The molecule has 1 aromatic carbocycles. The van der Waals surface area contributed by atoms with Gasteiger partial charge in [-0.25, -0.2) is 5.32 Å². The van der Waals surface area contributed by atoms with Crippen molar-refractivity contribution >= 4 is 17.5 Å². The highest BCUT2D eigenvalue weighted by Crippen LogP contribution is 2.36. The van der Waals surface area contributed by atoms with Crippen molar-refractivity contribution in [3.8, 4) is 5.75 Å². The molecule has 5 rings (SSSR count). The van der Waals surface area contributed by atoms with Crippen molar-refractivity contribution in [3.05, 3.63) is 54.4 Å². The molecular formula is C27H34N3O3+. The van der Waals surface area contributed by atoms with E-state index in [0.717, 1.165) is 55.5 Å². The summed E-state index contributed by atoms with van der Waals surface area (Å²) in [4.78, 5) is 27.5. The number of rotatable bonds is 6. The van der Waals surface area contributed by atoms with Gasteiger partial charge >= 0.3 is 6.03 Å². The van der Waals surface area contributed by atoms with Gasteiger partial charge in [0.05, 0.1) is 12.4 Å². The standard InChI is InChI=1S/C27H33N3O3/c1-29-22-8-9-23(29)18-25(17-22)33-24-10-6-21(7-11-24)28-27(32)30-14-12-19(13-15-30)16-26(31)20-4-2-3-5-20/h6-7,10-15,20,22-23,25H,2-5,8-9,16-18H2,1H3/p+1/t22-,23+,25?. The number of Topliss-reactive ketones (excluding diaryl/α,β-unsaturated/α-hetero) is 1. The van der Waals surface area contributed by atoms with Gasteiger partial charge in [0.2, 0.25) is 0 Å². The predicted octanol–water partition coefficient (Wildman–Crippen LogP) is 4.36. The molecule has 2 aromatic rings. The quantitative estimate of drug-likeness (QED) is 0.667. The van der Waals surface area contributed by atoms with Crippen molar-refractivity contribution in [1.29, 1.82) is 0 Å². The molecule has 174 valence electrons. The monoisotopic (exact) mass is 448 g/mol. The average Bonchev–Trinajstić information content (AvgIpc) is 3.42. The zero-order valence-corrected chi connectivity index (χ0v) is 19.4. The number of ketones is 1. The lowest BCUT2D eigenvalue weighted by molar-refractivity contribution is -0.567. The third-order valence-electron chi connectivity index (χ3n) is 7.79. The summed E-state index contributed by atoms with van der Waals surface area (Å²) in [6.07, 6.45) is 13.3. The number of amides is 1. The highest BCUT2D eigenvalue weighted by atomic mass is 16.5. The number of carbonyl (C=O) groups excluding carboxylic acids is 2. The second kappa shape index (κ2) is 9.64. The Bertz CT molecular complexity index is 969. The first-order valence-electron chi connectivity index (χ1n) is 12.4. The Morgan fingerprint density at radius 3 is 2.24 bits per heavy atom. The van der Waals surface area contributed by atoms with Crippen LogP contribution in [0, 0.1) is 5.92 Å². The van der Waals surface area contributed by atoms with Crippen LogP contribution in [0.4, 0.5) is 10.5 Å². The lowest BCUT2D eigenvalue weighted by Gasteiger charge is -2.36. The molecule has 3 aliphatic rings. The number of piperidine rings is 1. The molecule has 1 saturated carbocycles. The number of nitrogens with zero attached hydrogens (tertiary/aromatic N) is 2. The van der Waals surface area contributed by atoms with E-state index >= 15 is 0 Å². The van der Waals surface area contributed by atoms with Crippen LogP contribution in [0.1, 0.15) is 56.9 Å². The maximum absolute atomic E-state index is 12.6. The summed E-state index contributed by atoms with van der Waals surface area (Å²) in [5, 5.41) is 2.92. The smallest absolute Gasteiger partial charge is 0.490 e. The third-order valence-corrected chi connectivity index (χ3v) is 7.79. The van der Waals surface area contributed by atoms with Crippen LogP contribution in [0.25, 0.3) is 0 Å². The molecule has 1 amide bonds. The summed E-state index contributed by atoms with van der Waals surface area (Å²) in [5.41, 5.74) is 1.68. The van der Waals surface area contributed by atoms with E-state index in [-0.39, 0.29) is 18.1 Å². The molecule has 0 radical (unpaired) electrons. The Labute approximate surface area is 195 Å². The topological polar surface area (TPSA) is 62.5 Å². The molecule has 33 heavy (non-hydrogen) atoms. The van der Waals surface area contributed by atoms with Gasteiger partial charge < -0.3 is 9.64 Å². The van der Waals surface area contributed by atoms with Crippen LogP contribution in [0.15, 0.2) is 48.8 Å². The molecule has 3 fully saturated rings. The van der Waals surface area contributed by atoms with E-state index in [1.807, 2.05) is 36.4 Å². The second-order valence-corrected chi connectivity index (χ2v) is 9.95. The van der Waals surface area contributed by atoms with Crippen LogP contribution in [0.5, 0.6) is 5.75 Å². The summed E-state index contributed by atoms with van der Waals surface area (Å²) >= 11 is 0. The maximum atomic E-state index is 12.6. The molecule has 1 aromatic heterocycles. The minimum Gasteiger partial charge on any atom is -0.490 e. The van der Waals surface area contributed by atoms with E-state index in [9.17, 15) is 9.59 Å². The van der Waals surface area contributed by atoms with Gasteiger partial charge in [0.15, 0.2) is 0 Å². The molecule has 3 atom stereocenters. The van der Waals surface area contributed by atoms with Crippen LogP contribution in [-0.2, 0) is 11.2 Å². The fourth-order valence-electron chi connectivity index (χ4n) is 5.76. The molecule has 2 bridgehead atoms. The van der Waals surface area contributed by atoms with E-state index in [2.05, 4.69) is 17.3 Å². The van der Waals surface area contributed by atoms with Gasteiger partial charge in [-0.2, -0.15) is 9.36 Å². The Kier molecular flexibility index (Phi) is 6.45. The number of aromatic nitrogens is 1. The van der Waals surface area contributed by atoms with Gasteiger partial charge in [-0.3, -0.25) is 4.79 Å². The molecule has 2 saturated heterocycles. The molecule has 2 aliphatic heterocycles. The summed E-state index contributed by atoms with van der Waals surface area (Å²) in [5.74, 6) is 1.40. The van der Waals surface area contributed by atoms with Crippen molar-refractivity contribution < 1.29 is 18.9 Å². The number of carbonyl (C=O) groups is 2. The molecule has 0 spiro atoms. The zero-order chi connectivity index (χ0) is 22.8. The summed E-state index contributed by atoms with van der Waals surface area (Å²) in [7, 11) is 2.23. The van der Waals surface area contributed by atoms with E-state index in [1.54, 1.807) is 12.4 Å². The normalized spacial score (nSPS) is 25.2. The Morgan fingerprint density at radius 2 is 1.61 bits per heavy atom. The van der Waals surface area contributed by atoms with E-state index in [4.69, 9.17) is 4.74 Å². The Morgan fingerprint density at radius 1 is 0.970 bits per heavy atom. The minimum atomic E-state index is -0.232. The van der Waals surface area contributed by atoms with Crippen LogP contribution >= 0.6 is 0 Å². The lowest BCUT2D eigenvalue weighted by Crippen LogP contribution is -2.45. The van der Waals surface area contributed by atoms with Gasteiger partial charge in [-0.1, -0.05) is 12.8 Å². The summed E-state index contributed by atoms with van der Waals surface area (Å²) in [6.45, 7) is 0. The van der Waals surface area contributed by atoms with Crippen LogP contribution in [-0.4, -0.2) is 41.9 Å². The first kappa shape index (κ1) is 22.1. The van der Waals surface area contributed by atoms with Gasteiger partial charge in [-0.05, 0) is 87.5 Å². The first-order chi connectivity index (χ1) is 16.0. The third kappa shape index (κ3) is 5.11. The van der Waals surface area contributed by atoms with Crippen LogP contribution in [0.2, 0.25) is 0 Å². The number of nitrogens with one attached hydrogen (secondary N) is 1. The number of hydrogen-bond donors (Lipinski definition) is 1. The highest BCUT2D eigenvalue weighted by Gasteiger charge is 2.39. The van der Waals surface area contributed by atoms with E-state index in [1.165, 1.54) is 17.4 Å². The SMILES string of the molecule is CN1[C@@H]2CC[C@H]1CC(Oc1ccc(NC(=O)[n+]3ccc(CC(=O)C4CCCC4)cc3)cc1)C2. The number of hydrogen-bond acceptors (Lipinski definition) is 4. The number of pyridine rings is 1. The van der Waals surface area contributed by atoms with Crippen molar-refractivity contribution in [2.45, 2.75) is 76.0 Å². The van der Waals surface area contributed by atoms with Crippen LogP contribution < -0.4 is 14.6 Å². The van der Waals surface area contributed by atoms with Crippen molar-refractivity contribution in [2.24, 2.45) is 5.92 Å². The number of benzene rings is 1. The molecule has 1 aliphatic carbocycles. The lowest BCUT2D eigenvalue weighted by atomic mass is 9.97. The molecular weight excluding hydrogens is 414 g/mol. The molecule has 6 heteroatoms. The zero-order valence-electron chi connectivity index (χ0n) is 19.4. The number of ether oxygens (including phenoxy) is 1. The average molecular weight is 449 g/mol. The summed E-state index contributed by atoms with van der Waals surface area (Å²) in [6, 6.07) is 12.4. The van der Waals surface area contributed by atoms with Crippen LogP contribution in [0.3, 0.4) is 0 Å². The fraction of sp³-hybridized carbons (Fsp3) is 0.519. The van der Waals surface area contributed by atoms with Gasteiger partial charge in [0, 0.05) is 24.4 Å². The van der Waals surface area contributed by atoms with Gasteiger partial charge in [-0.15, -0.1) is 0 Å². The molecule has 3 heterocycles. The van der Waals surface area contributed by atoms with Gasteiger partial charge in [0.25, 0.3) is 0 Å².